The van der Waals surface area contributed by atoms with Crippen molar-refractivity contribution in [3.63, 3.8) is 0 Å². The molecule has 6 nitrogen and oxygen atoms in total. The number of aromatic nitrogens is 1. The van der Waals surface area contributed by atoms with Gasteiger partial charge in [0.25, 0.3) is 0 Å². The minimum Gasteiger partial charge on any atom is -0.487 e. The lowest BCUT2D eigenvalue weighted by Crippen LogP contribution is -2.49. The fraction of sp³-hybridized carbons (Fsp3) is 0.250. The summed E-state index contributed by atoms with van der Waals surface area (Å²) in [4.78, 5) is 15.2. The molecule has 0 spiro atoms. The second-order valence-corrected chi connectivity index (χ2v) is 7.54. The zero-order valence-electron chi connectivity index (χ0n) is 17.3. The first kappa shape index (κ1) is 22.8. The minimum absolute atomic E-state index is 0.00517. The van der Waals surface area contributed by atoms with Gasteiger partial charge in [0.2, 0.25) is 0 Å². The van der Waals surface area contributed by atoms with Crippen LogP contribution in [-0.2, 0) is 32.7 Å². The highest BCUT2D eigenvalue weighted by Gasteiger charge is 2.42. The van der Waals surface area contributed by atoms with Crippen LogP contribution in [0.5, 0.6) is 5.75 Å². The van der Waals surface area contributed by atoms with Gasteiger partial charge in [0.05, 0.1) is 30.2 Å². The fourth-order valence-corrected chi connectivity index (χ4v) is 3.50. The molecule has 9 heteroatoms. The first-order valence-electron chi connectivity index (χ1n) is 10.1. The van der Waals surface area contributed by atoms with Gasteiger partial charge in [-0.1, -0.05) is 36.4 Å². The molecule has 172 valence electrons. The summed E-state index contributed by atoms with van der Waals surface area (Å²) in [6, 6.07) is 17.1. The maximum Gasteiger partial charge on any atom is 0.417 e. The molecule has 33 heavy (non-hydrogen) atoms. The number of carbonyl (C=O) groups is 1. The van der Waals surface area contributed by atoms with Crippen LogP contribution in [0.3, 0.4) is 0 Å². The number of carboxylic acids is 1. The van der Waals surface area contributed by atoms with Crippen LogP contribution in [0.1, 0.15) is 16.8 Å². The third-order valence-electron chi connectivity index (χ3n) is 5.22. The van der Waals surface area contributed by atoms with Gasteiger partial charge in [0.1, 0.15) is 24.6 Å². The van der Waals surface area contributed by atoms with Crippen molar-refractivity contribution in [1.29, 1.82) is 0 Å². The highest BCUT2D eigenvalue weighted by molar-refractivity contribution is 5.68. The standard InChI is InChI=1S/C24H20F3NO5/c25-24(26,27)20-6-2-1-5-19(20)21-7-3-4-17(28-21)12-32-18-10-8-16(9-11-18)23(14-31-15-23)33-13-22(29)30/h1-11H,12-15H2,(H,29,30). The topological polar surface area (TPSA) is 77.9 Å². The summed E-state index contributed by atoms with van der Waals surface area (Å²) in [5, 5.41) is 8.87. The van der Waals surface area contributed by atoms with Gasteiger partial charge in [-0.3, -0.25) is 0 Å². The van der Waals surface area contributed by atoms with Crippen molar-refractivity contribution in [2.24, 2.45) is 0 Å². The number of alkyl halides is 3. The van der Waals surface area contributed by atoms with E-state index in [9.17, 15) is 18.0 Å². The molecule has 0 saturated carbocycles. The third-order valence-corrected chi connectivity index (χ3v) is 5.22. The van der Waals surface area contributed by atoms with Gasteiger partial charge in [0.15, 0.2) is 0 Å². The molecule has 1 N–H and O–H groups in total. The van der Waals surface area contributed by atoms with E-state index in [1.54, 1.807) is 36.4 Å². The van der Waals surface area contributed by atoms with E-state index in [1.807, 2.05) is 0 Å². The number of nitrogens with zero attached hydrogens (tertiary/aromatic N) is 1. The van der Waals surface area contributed by atoms with Gasteiger partial charge in [-0.15, -0.1) is 0 Å². The zero-order chi connectivity index (χ0) is 23.5. The van der Waals surface area contributed by atoms with Crippen LogP contribution in [0, 0.1) is 0 Å². The van der Waals surface area contributed by atoms with Crippen molar-refractivity contribution < 1.29 is 37.3 Å². The number of halogens is 3. The van der Waals surface area contributed by atoms with E-state index in [4.69, 9.17) is 19.3 Å². The van der Waals surface area contributed by atoms with E-state index in [0.717, 1.165) is 11.6 Å². The molecule has 2 heterocycles. The van der Waals surface area contributed by atoms with E-state index in [2.05, 4.69) is 4.98 Å². The number of pyridine rings is 1. The first-order valence-corrected chi connectivity index (χ1v) is 10.1. The first-order chi connectivity index (χ1) is 15.8. The van der Waals surface area contributed by atoms with E-state index < -0.39 is 29.9 Å². The molecule has 2 aromatic carbocycles. The molecule has 1 aliphatic rings. The fourth-order valence-electron chi connectivity index (χ4n) is 3.50. The molecule has 1 aromatic heterocycles. The molecule has 0 atom stereocenters. The Morgan fingerprint density at radius 2 is 1.76 bits per heavy atom. The Labute approximate surface area is 187 Å². The summed E-state index contributed by atoms with van der Waals surface area (Å²) in [5.41, 5.74) is -0.0790. The molecule has 1 saturated heterocycles. The maximum atomic E-state index is 13.3. The number of benzene rings is 2. The molecule has 4 rings (SSSR count). The van der Waals surface area contributed by atoms with Crippen LogP contribution >= 0.6 is 0 Å². The van der Waals surface area contributed by atoms with E-state index in [1.165, 1.54) is 24.3 Å². The monoisotopic (exact) mass is 459 g/mol. The molecule has 3 aromatic rings. The lowest BCUT2D eigenvalue weighted by Gasteiger charge is -2.41. The normalized spacial score (nSPS) is 15.0. The van der Waals surface area contributed by atoms with Crippen molar-refractivity contribution in [3.8, 4) is 17.0 Å². The highest BCUT2D eigenvalue weighted by Crippen LogP contribution is 2.37. The molecule has 0 radical (unpaired) electrons. The number of rotatable bonds is 8. The summed E-state index contributed by atoms with van der Waals surface area (Å²) in [5.74, 6) is -0.538. The second kappa shape index (κ2) is 9.21. The summed E-state index contributed by atoms with van der Waals surface area (Å²) < 4.78 is 56.5. The lowest BCUT2D eigenvalue weighted by molar-refractivity contribution is -0.220. The second-order valence-electron chi connectivity index (χ2n) is 7.54. The molecular weight excluding hydrogens is 439 g/mol. The van der Waals surface area contributed by atoms with Crippen LogP contribution in [0.15, 0.2) is 66.7 Å². The van der Waals surface area contributed by atoms with Crippen molar-refractivity contribution >= 4 is 5.97 Å². The quantitative estimate of drug-likeness (QED) is 0.528. The zero-order valence-corrected chi connectivity index (χ0v) is 17.3. The van der Waals surface area contributed by atoms with Crippen molar-refractivity contribution in [2.45, 2.75) is 18.4 Å². The van der Waals surface area contributed by atoms with Crippen molar-refractivity contribution in [3.05, 3.63) is 83.6 Å². The number of hydrogen-bond acceptors (Lipinski definition) is 5. The molecule has 1 aliphatic heterocycles. The predicted octanol–water partition coefficient (Wildman–Crippen LogP) is 4.67. The number of carboxylic acid groups (broad SMARTS) is 1. The summed E-state index contributed by atoms with van der Waals surface area (Å²) >= 11 is 0. The predicted molar refractivity (Wildman–Crippen MR) is 112 cm³/mol. The molecule has 1 fully saturated rings. The Hall–Kier alpha value is -3.43. The molecule has 0 unspecified atom stereocenters. The van der Waals surface area contributed by atoms with Gasteiger partial charge in [0, 0.05) is 5.56 Å². The number of aliphatic carboxylic acids is 1. The smallest absolute Gasteiger partial charge is 0.417 e. The molecular formula is C24H20F3NO5. The average molecular weight is 459 g/mol. The minimum atomic E-state index is -4.48. The van der Waals surface area contributed by atoms with Gasteiger partial charge < -0.3 is 19.3 Å². The van der Waals surface area contributed by atoms with Crippen LogP contribution in [-0.4, -0.2) is 35.9 Å². The van der Waals surface area contributed by atoms with Gasteiger partial charge in [-0.2, -0.15) is 13.2 Å². The van der Waals surface area contributed by atoms with Gasteiger partial charge in [-0.05, 0) is 35.9 Å². The van der Waals surface area contributed by atoms with Gasteiger partial charge >= 0.3 is 12.1 Å². The van der Waals surface area contributed by atoms with Crippen molar-refractivity contribution in [2.75, 3.05) is 19.8 Å². The van der Waals surface area contributed by atoms with E-state index in [-0.39, 0.29) is 31.1 Å². The maximum absolute atomic E-state index is 13.3. The third kappa shape index (κ3) is 5.15. The summed E-state index contributed by atoms with van der Waals surface area (Å²) in [6.45, 7) is 0.152. The average Bonchev–Trinajstić information content (AvgIpc) is 2.77. The van der Waals surface area contributed by atoms with Crippen LogP contribution < -0.4 is 4.74 Å². The summed E-state index contributed by atoms with van der Waals surface area (Å²) in [7, 11) is 0. The SMILES string of the molecule is O=C(O)COC1(c2ccc(OCc3cccc(-c4ccccc4C(F)(F)F)n3)cc2)COC1. The van der Waals surface area contributed by atoms with Gasteiger partial charge in [-0.25, -0.2) is 9.78 Å². The Bertz CT molecular complexity index is 1130. The Morgan fingerprint density at radius 3 is 2.39 bits per heavy atom. The Morgan fingerprint density at radius 1 is 1.03 bits per heavy atom. The van der Waals surface area contributed by atoms with Crippen molar-refractivity contribution in [1.82, 2.24) is 4.98 Å². The largest absolute Gasteiger partial charge is 0.487 e. The molecule has 0 amide bonds. The summed E-state index contributed by atoms with van der Waals surface area (Å²) in [6.07, 6.45) is -4.48. The van der Waals surface area contributed by atoms with Crippen LogP contribution in [0.4, 0.5) is 13.2 Å². The Kier molecular flexibility index (Phi) is 6.35. The number of ether oxygens (including phenoxy) is 3. The van der Waals surface area contributed by atoms with Crippen LogP contribution in [0.25, 0.3) is 11.3 Å². The van der Waals surface area contributed by atoms with E-state index >= 15 is 0 Å². The van der Waals surface area contributed by atoms with Crippen LogP contribution in [0.2, 0.25) is 0 Å². The molecule has 0 aliphatic carbocycles. The molecule has 0 bridgehead atoms. The highest BCUT2D eigenvalue weighted by atomic mass is 19.4. The lowest BCUT2D eigenvalue weighted by atomic mass is 9.91. The van der Waals surface area contributed by atoms with E-state index in [0.29, 0.717) is 11.4 Å². The Balaban J connectivity index is 1.45. The number of hydrogen-bond donors (Lipinski definition) is 1.